The summed E-state index contributed by atoms with van der Waals surface area (Å²) in [5, 5.41) is 5.57. The van der Waals surface area contributed by atoms with Crippen molar-refractivity contribution < 1.29 is 4.79 Å². The van der Waals surface area contributed by atoms with Crippen LogP contribution in [0.2, 0.25) is 5.02 Å². The molecule has 29 heavy (non-hydrogen) atoms. The SMILES string of the molecule is C=CC(=O)N1CC[C@@](Nc2ccc3cc(C)cnc3c2)(c2cccc(Cl)c2C)C1. The van der Waals surface area contributed by atoms with E-state index in [0.29, 0.717) is 13.1 Å². The van der Waals surface area contributed by atoms with Gasteiger partial charge in [-0.25, -0.2) is 0 Å². The van der Waals surface area contributed by atoms with Gasteiger partial charge in [-0.1, -0.05) is 36.4 Å². The lowest BCUT2D eigenvalue weighted by Crippen LogP contribution is -2.40. The molecule has 0 bridgehead atoms. The van der Waals surface area contributed by atoms with Gasteiger partial charge in [-0.3, -0.25) is 9.78 Å². The highest BCUT2D eigenvalue weighted by atomic mass is 35.5. The van der Waals surface area contributed by atoms with E-state index >= 15 is 0 Å². The summed E-state index contributed by atoms with van der Waals surface area (Å²) in [6.07, 6.45) is 4.04. The highest BCUT2D eigenvalue weighted by molar-refractivity contribution is 6.31. The molecular weight excluding hydrogens is 382 g/mol. The Morgan fingerprint density at radius 3 is 2.90 bits per heavy atom. The van der Waals surface area contributed by atoms with Gasteiger partial charge in [-0.05, 0) is 67.3 Å². The Hall–Kier alpha value is -2.85. The number of benzene rings is 2. The first kappa shape index (κ1) is 19.5. The van der Waals surface area contributed by atoms with E-state index in [0.717, 1.165) is 44.7 Å². The molecule has 1 aromatic heterocycles. The van der Waals surface area contributed by atoms with Gasteiger partial charge in [0.15, 0.2) is 0 Å². The van der Waals surface area contributed by atoms with E-state index in [1.54, 1.807) is 0 Å². The predicted octanol–water partition coefficient (Wildman–Crippen LogP) is 5.23. The normalized spacial score (nSPS) is 18.8. The van der Waals surface area contributed by atoms with E-state index in [2.05, 4.69) is 47.2 Å². The molecule has 2 heterocycles. The number of nitrogens with zero attached hydrogens (tertiary/aromatic N) is 2. The average molecular weight is 406 g/mol. The monoisotopic (exact) mass is 405 g/mol. The van der Waals surface area contributed by atoms with Crippen molar-refractivity contribution in [2.45, 2.75) is 25.8 Å². The molecule has 1 atom stereocenters. The lowest BCUT2D eigenvalue weighted by molar-refractivity contribution is -0.125. The first-order chi connectivity index (χ1) is 13.9. The zero-order chi connectivity index (χ0) is 20.6. The number of anilines is 1. The van der Waals surface area contributed by atoms with E-state index in [-0.39, 0.29) is 5.91 Å². The molecule has 4 rings (SSSR count). The van der Waals surface area contributed by atoms with Crippen LogP contribution in [0.1, 0.15) is 23.1 Å². The first-order valence-corrected chi connectivity index (χ1v) is 10.1. The Kier molecular flexibility index (Phi) is 5.05. The third kappa shape index (κ3) is 3.60. The van der Waals surface area contributed by atoms with Gasteiger partial charge in [0, 0.05) is 35.4 Å². The third-order valence-corrected chi connectivity index (χ3v) is 6.15. The minimum absolute atomic E-state index is 0.0518. The number of carbonyl (C=O) groups excluding carboxylic acids is 1. The minimum Gasteiger partial charge on any atom is -0.374 e. The van der Waals surface area contributed by atoms with Gasteiger partial charge in [-0.15, -0.1) is 0 Å². The molecule has 1 saturated heterocycles. The molecule has 0 aliphatic carbocycles. The second-order valence-corrected chi connectivity index (χ2v) is 8.16. The highest BCUT2D eigenvalue weighted by Gasteiger charge is 2.42. The molecule has 0 spiro atoms. The Bertz CT molecular complexity index is 1110. The number of nitrogens with one attached hydrogen (secondary N) is 1. The van der Waals surface area contributed by atoms with Crippen molar-refractivity contribution in [2.75, 3.05) is 18.4 Å². The van der Waals surface area contributed by atoms with Crippen LogP contribution in [-0.2, 0) is 10.3 Å². The Morgan fingerprint density at radius 2 is 2.10 bits per heavy atom. The molecule has 148 valence electrons. The van der Waals surface area contributed by atoms with Crippen LogP contribution in [0.15, 0.2) is 61.3 Å². The molecule has 1 amide bonds. The fraction of sp³-hybridized carbons (Fsp3) is 0.250. The molecule has 4 nitrogen and oxygen atoms in total. The van der Waals surface area contributed by atoms with Crippen LogP contribution in [0.5, 0.6) is 0 Å². The molecule has 0 radical (unpaired) electrons. The number of amides is 1. The number of hydrogen-bond acceptors (Lipinski definition) is 3. The van der Waals surface area contributed by atoms with Crippen LogP contribution in [0, 0.1) is 13.8 Å². The molecule has 0 saturated carbocycles. The fourth-order valence-electron chi connectivity index (χ4n) is 4.23. The number of aryl methyl sites for hydroxylation is 1. The number of rotatable bonds is 4. The number of hydrogen-bond donors (Lipinski definition) is 1. The van der Waals surface area contributed by atoms with Gasteiger partial charge in [0.2, 0.25) is 5.91 Å². The van der Waals surface area contributed by atoms with Crippen LogP contribution >= 0.6 is 11.6 Å². The molecule has 0 unspecified atom stereocenters. The van der Waals surface area contributed by atoms with Crippen molar-refractivity contribution in [3.8, 4) is 0 Å². The lowest BCUT2D eigenvalue weighted by Gasteiger charge is -2.34. The number of halogens is 1. The van der Waals surface area contributed by atoms with Crippen molar-refractivity contribution in [2.24, 2.45) is 0 Å². The fourth-order valence-corrected chi connectivity index (χ4v) is 4.40. The minimum atomic E-state index is -0.425. The number of aromatic nitrogens is 1. The largest absolute Gasteiger partial charge is 0.374 e. The summed E-state index contributed by atoms with van der Waals surface area (Å²) in [6.45, 7) is 8.93. The van der Waals surface area contributed by atoms with Crippen molar-refractivity contribution in [1.29, 1.82) is 0 Å². The van der Waals surface area contributed by atoms with E-state index < -0.39 is 5.54 Å². The maximum atomic E-state index is 12.3. The second-order valence-electron chi connectivity index (χ2n) is 7.75. The molecule has 2 aromatic carbocycles. The van der Waals surface area contributed by atoms with Crippen LogP contribution in [-0.4, -0.2) is 28.9 Å². The van der Waals surface area contributed by atoms with E-state index in [1.807, 2.05) is 37.1 Å². The van der Waals surface area contributed by atoms with Crippen molar-refractivity contribution in [3.63, 3.8) is 0 Å². The van der Waals surface area contributed by atoms with Gasteiger partial charge >= 0.3 is 0 Å². The summed E-state index contributed by atoms with van der Waals surface area (Å²) in [5.41, 5.74) is 4.77. The molecule has 1 N–H and O–H groups in total. The Morgan fingerprint density at radius 1 is 1.28 bits per heavy atom. The van der Waals surface area contributed by atoms with Gasteiger partial charge in [-0.2, -0.15) is 0 Å². The van der Waals surface area contributed by atoms with Crippen molar-refractivity contribution >= 4 is 34.1 Å². The summed E-state index contributed by atoms with van der Waals surface area (Å²) in [6, 6.07) is 14.3. The predicted molar refractivity (Wildman–Crippen MR) is 119 cm³/mol. The smallest absolute Gasteiger partial charge is 0.246 e. The highest BCUT2D eigenvalue weighted by Crippen LogP contribution is 2.39. The molecule has 1 aliphatic heterocycles. The molecule has 3 aromatic rings. The van der Waals surface area contributed by atoms with Crippen molar-refractivity contribution in [3.05, 3.63) is 83.0 Å². The van der Waals surface area contributed by atoms with Crippen LogP contribution in [0.3, 0.4) is 0 Å². The zero-order valence-electron chi connectivity index (χ0n) is 16.7. The van der Waals surface area contributed by atoms with Gasteiger partial charge in [0.25, 0.3) is 0 Å². The number of fused-ring (bicyclic) bond motifs is 1. The summed E-state index contributed by atoms with van der Waals surface area (Å²) < 4.78 is 0. The van der Waals surface area contributed by atoms with Crippen LogP contribution < -0.4 is 5.32 Å². The third-order valence-electron chi connectivity index (χ3n) is 5.74. The second kappa shape index (κ2) is 7.53. The summed E-state index contributed by atoms with van der Waals surface area (Å²) in [4.78, 5) is 18.7. The maximum absolute atomic E-state index is 12.3. The molecular formula is C24H24ClN3O. The first-order valence-electron chi connectivity index (χ1n) is 9.73. The Labute approximate surface area is 176 Å². The molecule has 1 aliphatic rings. The molecule has 1 fully saturated rings. The van der Waals surface area contributed by atoms with Crippen LogP contribution in [0.25, 0.3) is 10.9 Å². The summed E-state index contributed by atoms with van der Waals surface area (Å²) in [7, 11) is 0. The van der Waals surface area contributed by atoms with Crippen LogP contribution in [0.4, 0.5) is 5.69 Å². The standard InChI is InChI=1S/C24H24ClN3O/c1-4-23(29)28-11-10-24(15-28,20-6-5-7-21(25)17(20)3)27-19-9-8-18-12-16(2)14-26-22(18)13-19/h4-9,12-14,27H,1,10-11,15H2,2-3H3/t24-/m0/s1. The van der Waals surface area contributed by atoms with Gasteiger partial charge < -0.3 is 10.2 Å². The lowest BCUT2D eigenvalue weighted by atomic mass is 9.85. The summed E-state index contributed by atoms with van der Waals surface area (Å²) >= 11 is 6.44. The van der Waals surface area contributed by atoms with Gasteiger partial charge in [0.1, 0.15) is 0 Å². The van der Waals surface area contributed by atoms with E-state index in [4.69, 9.17) is 11.6 Å². The maximum Gasteiger partial charge on any atom is 0.246 e. The summed E-state index contributed by atoms with van der Waals surface area (Å²) in [5.74, 6) is -0.0518. The van der Waals surface area contributed by atoms with Gasteiger partial charge in [0.05, 0.1) is 11.1 Å². The zero-order valence-corrected chi connectivity index (χ0v) is 17.5. The van der Waals surface area contributed by atoms with E-state index in [1.165, 1.54) is 6.08 Å². The Balaban J connectivity index is 1.77. The average Bonchev–Trinajstić information content (AvgIpc) is 3.14. The van der Waals surface area contributed by atoms with Crippen molar-refractivity contribution in [1.82, 2.24) is 9.88 Å². The quantitative estimate of drug-likeness (QED) is 0.604. The number of pyridine rings is 1. The molecule has 5 heteroatoms. The number of likely N-dealkylation sites (tertiary alicyclic amines) is 1. The number of carbonyl (C=O) groups is 1. The van der Waals surface area contributed by atoms with E-state index in [9.17, 15) is 4.79 Å². The topological polar surface area (TPSA) is 45.2 Å².